The first-order valence-corrected chi connectivity index (χ1v) is 8.36. The summed E-state index contributed by atoms with van der Waals surface area (Å²) in [4.78, 5) is 2.12. The molecule has 2 heterocycles. The van der Waals surface area contributed by atoms with Crippen LogP contribution in [0.3, 0.4) is 0 Å². The van der Waals surface area contributed by atoms with Gasteiger partial charge >= 0.3 is 0 Å². The third-order valence-corrected chi connectivity index (χ3v) is 5.74. The quantitative estimate of drug-likeness (QED) is 0.677. The largest absolute Gasteiger partial charge is 0.383 e. The van der Waals surface area contributed by atoms with Crippen molar-refractivity contribution in [1.29, 1.82) is 0 Å². The topological polar surface area (TPSA) is 20.2 Å². The fourth-order valence-corrected chi connectivity index (χ4v) is 4.49. The second kappa shape index (κ2) is 5.59. The van der Waals surface area contributed by atoms with E-state index in [9.17, 15) is 5.11 Å². The summed E-state index contributed by atoms with van der Waals surface area (Å²) in [6.07, 6.45) is -0.553. The Morgan fingerprint density at radius 1 is 1.11 bits per heavy atom. The highest BCUT2D eigenvalue weighted by Crippen LogP contribution is 2.40. The molecule has 0 saturated heterocycles. The number of aliphatic hydroxyl groups excluding tert-OH is 1. The van der Waals surface area contributed by atoms with Crippen molar-refractivity contribution in [2.75, 3.05) is 0 Å². The average Bonchev–Trinajstić information content (AvgIpc) is 3.08. The van der Waals surface area contributed by atoms with Crippen LogP contribution >= 0.6 is 38.6 Å². The monoisotopic (exact) mass is 350 g/mol. The molecule has 2 aromatic heterocycles. The summed E-state index contributed by atoms with van der Waals surface area (Å²) in [6.45, 7) is 0. The van der Waals surface area contributed by atoms with Gasteiger partial charge in [-0.15, -0.1) is 11.3 Å². The van der Waals surface area contributed by atoms with Gasteiger partial charge in [-0.25, -0.2) is 0 Å². The molecule has 0 amide bonds. The minimum absolute atomic E-state index is 0.553. The number of hydrogen-bond acceptors (Lipinski definition) is 3. The molecule has 0 aliphatic rings. The predicted molar refractivity (Wildman–Crippen MR) is 85.8 cm³/mol. The molecule has 0 radical (unpaired) electrons. The predicted octanol–water partition coefficient (Wildman–Crippen LogP) is 5.32. The summed E-state index contributed by atoms with van der Waals surface area (Å²) in [6, 6.07) is 14.3. The molecule has 4 heteroatoms. The van der Waals surface area contributed by atoms with E-state index in [0.29, 0.717) is 0 Å². The van der Waals surface area contributed by atoms with Gasteiger partial charge in [0.2, 0.25) is 0 Å². The molecule has 0 saturated carbocycles. The van der Waals surface area contributed by atoms with E-state index in [1.54, 1.807) is 22.7 Å². The lowest BCUT2D eigenvalue weighted by Crippen LogP contribution is -1.94. The fraction of sp³-hybridized carbons (Fsp3) is 0.0667. The Morgan fingerprint density at radius 2 is 1.89 bits per heavy atom. The van der Waals surface area contributed by atoms with Gasteiger partial charge < -0.3 is 5.11 Å². The van der Waals surface area contributed by atoms with Gasteiger partial charge in [-0.1, -0.05) is 30.3 Å². The maximum absolute atomic E-state index is 10.4. The Balaban J connectivity index is 1.98. The van der Waals surface area contributed by atoms with Crippen LogP contribution in [0.5, 0.6) is 0 Å². The number of aliphatic hydroxyl groups is 1. The number of hydrogen-bond donors (Lipinski definition) is 1. The van der Waals surface area contributed by atoms with E-state index in [2.05, 4.69) is 34.1 Å². The molecule has 0 aliphatic carbocycles. The van der Waals surface area contributed by atoms with E-state index in [1.165, 1.54) is 5.56 Å². The zero-order valence-corrected chi connectivity index (χ0v) is 13.1. The number of benzene rings is 1. The lowest BCUT2D eigenvalue weighted by atomic mass is 10.1. The SMILES string of the molecule is OC(c1ccsc1)c1sc(-c2ccccc2)cc1Br. The molecule has 0 fully saturated rings. The lowest BCUT2D eigenvalue weighted by Gasteiger charge is -2.06. The number of rotatable bonds is 3. The number of thiophene rings is 2. The van der Waals surface area contributed by atoms with Gasteiger partial charge in [-0.3, -0.25) is 0 Å². The smallest absolute Gasteiger partial charge is 0.115 e. The molecule has 1 aromatic carbocycles. The van der Waals surface area contributed by atoms with Crippen LogP contribution in [0.15, 0.2) is 57.7 Å². The normalized spacial score (nSPS) is 12.5. The summed E-state index contributed by atoms with van der Waals surface area (Å²) in [5.74, 6) is 0. The summed E-state index contributed by atoms with van der Waals surface area (Å²) >= 11 is 6.78. The van der Waals surface area contributed by atoms with Crippen molar-refractivity contribution in [3.63, 3.8) is 0 Å². The molecule has 0 bridgehead atoms. The third-order valence-electron chi connectivity index (χ3n) is 2.88. The third kappa shape index (κ3) is 2.67. The summed E-state index contributed by atoms with van der Waals surface area (Å²) in [7, 11) is 0. The van der Waals surface area contributed by atoms with E-state index < -0.39 is 6.10 Å². The molecule has 96 valence electrons. The lowest BCUT2D eigenvalue weighted by molar-refractivity contribution is 0.224. The van der Waals surface area contributed by atoms with Crippen molar-refractivity contribution in [2.45, 2.75) is 6.10 Å². The van der Waals surface area contributed by atoms with Crippen molar-refractivity contribution >= 4 is 38.6 Å². The van der Waals surface area contributed by atoms with E-state index in [1.807, 2.05) is 35.0 Å². The van der Waals surface area contributed by atoms with Crippen LogP contribution in [0.25, 0.3) is 10.4 Å². The minimum atomic E-state index is -0.553. The van der Waals surface area contributed by atoms with Gasteiger partial charge in [0, 0.05) is 9.35 Å². The maximum Gasteiger partial charge on any atom is 0.115 e. The zero-order chi connectivity index (χ0) is 13.2. The van der Waals surface area contributed by atoms with Crippen LogP contribution in [-0.2, 0) is 0 Å². The van der Waals surface area contributed by atoms with Gasteiger partial charge in [0.25, 0.3) is 0 Å². The standard InChI is InChI=1S/C15H11BrOS2/c16-12-8-13(10-4-2-1-3-5-10)19-15(12)14(17)11-6-7-18-9-11/h1-9,14,17H. The van der Waals surface area contributed by atoms with Crippen molar-refractivity contribution in [3.8, 4) is 10.4 Å². The molecule has 3 rings (SSSR count). The van der Waals surface area contributed by atoms with Gasteiger partial charge in [0.05, 0.1) is 4.88 Å². The van der Waals surface area contributed by atoms with Crippen LogP contribution in [0.4, 0.5) is 0 Å². The van der Waals surface area contributed by atoms with Crippen LogP contribution in [-0.4, -0.2) is 5.11 Å². The minimum Gasteiger partial charge on any atom is -0.383 e. The van der Waals surface area contributed by atoms with E-state index in [4.69, 9.17) is 0 Å². The fourth-order valence-electron chi connectivity index (χ4n) is 1.90. The molecule has 1 atom stereocenters. The van der Waals surface area contributed by atoms with Gasteiger partial charge in [0.15, 0.2) is 0 Å². The number of halogens is 1. The van der Waals surface area contributed by atoms with Crippen molar-refractivity contribution in [3.05, 3.63) is 68.1 Å². The molecular formula is C15H11BrOS2. The summed E-state index contributed by atoms with van der Waals surface area (Å²) < 4.78 is 0.968. The summed E-state index contributed by atoms with van der Waals surface area (Å²) in [5, 5.41) is 14.4. The van der Waals surface area contributed by atoms with Gasteiger partial charge in [-0.2, -0.15) is 11.3 Å². The molecule has 3 aromatic rings. The van der Waals surface area contributed by atoms with Gasteiger partial charge in [0.1, 0.15) is 6.10 Å². The maximum atomic E-state index is 10.4. The van der Waals surface area contributed by atoms with Crippen LogP contribution < -0.4 is 0 Å². The first kappa shape index (κ1) is 13.1. The Kier molecular flexibility index (Phi) is 3.84. The Hall–Kier alpha value is -0.940. The van der Waals surface area contributed by atoms with E-state index in [0.717, 1.165) is 19.8 Å². The average molecular weight is 351 g/mol. The van der Waals surface area contributed by atoms with Crippen molar-refractivity contribution in [1.82, 2.24) is 0 Å². The molecule has 19 heavy (non-hydrogen) atoms. The van der Waals surface area contributed by atoms with Crippen LogP contribution in [0, 0.1) is 0 Å². The second-order valence-corrected chi connectivity index (χ2v) is 6.87. The molecule has 0 spiro atoms. The van der Waals surface area contributed by atoms with E-state index in [-0.39, 0.29) is 0 Å². The second-order valence-electron chi connectivity index (χ2n) is 4.15. The zero-order valence-electron chi connectivity index (χ0n) is 9.92. The molecule has 1 N–H and O–H groups in total. The van der Waals surface area contributed by atoms with E-state index >= 15 is 0 Å². The van der Waals surface area contributed by atoms with Crippen LogP contribution in [0.1, 0.15) is 16.5 Å². The Morgan fingerprint density at radius 3 is 2.58 bits per heavy atom. The highest BCUT2D eigenvalue weighted by molar-refractivity contribution is 9.10. The highest BCUT2D eigenvalue weighted by Gasteiger charge is 2.18. The van der Waals surface area contributed by atoms with Crippen molar-refractivity contribution in [2.24, 2.45) is 0 Å². The first-order chi connectivity index (χ1) is 9.25. The Bertz CT molecular complexity index is 659. The first-order valence-electron chi connectivity index (χ1n) is 5.80. The Labute approximate surface area is 128 Å². The molecule has 1 nitrogen and oxygen atoms in total. The van der Waals surface area contributed by atoms with Crippen LogP contribution in [0.2, 0.25) is 0 Å². The summed E-state index contributed by atoms with van der Waals surface area (Å²) in [5.41, 5.74) is 2.13. The molecular weight excluding hydrogens is 340 g/mol. The van der Waals surface area contributed by atoms with Gasteiger partial charge in [-0.05, 0) is 49.9 Å². The molecule has 0 aliphatic heterocycles. The van der Waals surface area contributed by atoms with Crippen molar-refractivity contribution < 1.29 is 5.11 Å². The highest BCUT2D eigenvalue weighted by atomic mass is 79.9. The molecule has 1 unspecified atom stereocenters.